The second-order valence-corrected chi connectivity index (χ2v) is 7.31. The lowest BCUT2D eigenvalue weighted by Crippen LogP contribution is -2.06. The monoisotopic (exact) mass is 347 g/mol. The Morgan fingerprint density at radius 3 is 2.68 bits per heavy atom. The van der Waals surface area contributed by atoms with Gasteiger partial charge >= 0.3 is 0 Å². The third kappa shape index (κ3) is 3.13. The van der Waals surface area contributed by atoms with Crippen LogP contribution < -0.4 is 5.73 Å². The van der Waals surface area contributed by atoms with Gasteiger partial charge in [0, 0.05) is 35.4 Å². The molecule has 0 unspecified atom stereocenters. The van der Waals surface area contributed by atoms with Crippen molar-refractivity contribution in [1.82, 2.24) is 0 Å². The van der Waals surface area contributed by atoms with Crippen LogP contribution in [0.1, 0.15) is 27.0 Å². The number of Topliss-reactive ketones (excluding diaryl/α,β-unsaturated/α-hetero) is 2. The predicted molar refractivity (Wildman–Crippen MR) is 101 cm³/mol. The summed E-state index contributed by atoms with van der Waals surface area (Å²) in [7, 11) is 0. The number of fused-ring (bicyclic) bond motifs is 1. The number of carbonyl (C=O) groups excluding carboxylic acids is 2. The zero-order valence-corrected chi connectivity index (χ0v) is 14.4. The first-order valence-electron chi connectivity index (χ1n) is 8.19. The van der Waals surface area contributed by atoms with Gasteiger partial charge < -0.3 is 5.73 Å². The van der Waals surface area contributed by atoms with Crippen LogP contribution in [0, 0.1) is 0 Å². The minimum Gasteiger partial charge on any atom is -0.398 e. The minimum atomic E-state index is 0.0252. The predicted octanol–water partition coefficient (Wildman–Crippen LogP) is 4.09. The van der Waals surface area contributed by atoms with E-state index in [1.165, 1.54) is 0 Å². The van der Waals surface area contributed by atoms with Gasteiger partial charge in [0.15, 0.2) is 5.78 Å². The van der Waals surface area contributed by atoms with Gasteiger partial charge in [-0.25, -0.2) is 0 Å². The highest BCUT2D eigenvalue weighted by Gasteiger charge is 2.20. The Morgan fingerprint density at radius 1 is 1.04 bits per heavy atom. The fourth-order valence-electron chi connectivity index (χ4n) is 3.25. The molecule has 0 bridgehead atoms. The molecule has 0 saturated carbocycles. The summed E-state index contributed by atoms with van der Waals surface area (Å²) in [5.41, 5.74) is 11.3. The van der Waals surface area contributed by atoms with E-state index < -0.39 is 0 Å². The van der Waals surface area contributed by atoms with Crippen molar-refractivity contribution in [1.29, 1.82) is 0 Å². The molecular weight excluding hydrogens is 330 g/mol. The average molecular weight is 347 g/mol. The zero-order chi connectivity index (χ0) is 17.4. The van der Waals surface area contributed by atoms with Gasteiger partial charge in [-0.1, -0.05) is 24.3 Å². The standard InChI is InChI=1S/C21H17NO2S/c22-19-6-5-15(21-2-1-7-25-21)9-17(19)12-20(24)14-4-3-13-10-18(23)11-16(13)8-14/h1-9H,10-12,22H2. The maximum absolute atomic E-state index is 12.7. The Labute approximate surface area is 150 Å². The number of anilines is 1. The van der Waals surface area contributed by atoms with Gasteiger partial charge in [0.1, 0.15) is 5.78 Å². The number of thiophene rings is 1. The molecule has 124 valence electrons. The molecule has 2 aromatic carbocycles. The first-order valence-corrected chi connectivity index (χ1v) is 9.07. The summed E-state index contributed by atoms with van der Waals surface area (Å²) < 4.78 is 0. The third-order valence-electron chi connectivity index (χ3n) is 4.60. The summed E-state index contributed by atoms with van der Waals surface area (Å²) in [6, 6.07) is 15.5. The van der Waals surface area contributed by atoms with Crippen LogP contribution in [0.15, 0.2) is 53.9 Å². The molecule has 0 atom stereocenters. The number of nitrogens with two attached hydrogens (primary N) is 1. The van der Waals surface area contributed by atoms with E-state index in [1.54, 1.807) is 11.3 Å². The number of hydrogen-bond donors (Lipinski definition) is 1. The summed E-state index contributed by atoms with van der Waals surface area (Å²) in [5, 5.41) is 2.03. The van der Waals surface area contributed by atoms with Crippen molar-refractivity contribution in [2.45, 2.75) is 19.3 Å². The summed E-state index contributed by atoms with van der Waals surface area (Å²) in [6.45, 7) is 0. The van der Waals surface area contributed by atoms with E-state index in [9.17, 15) is 9.59 Å². The number of rotatable bonds is 4. The summed E-state index contributed by atoms with van der Waals surface area (Å²) in [5.74, 6) is 0.240. The molecule has 1 aliphatic rings. The maximum atomic E-state index is 12.7. The molecule has 0 radical (unpaired) electrons. The molecule has 3 aromatic rings. The van der Waals surface area contributed by atoms with Crippen molar-refractivity contribution < 1.29 is 9.59 Å². The van der Waals surface area contributed by atoms with Crippen LogP contribution in [0.4, 0.5) is 5.69 Å². The second kappa shape index (κ2) is 6.30. The lowest BCUT2D eigenvalue weighted by molar-refractivity contribution is -0.117. The first-order chi connectivity index (χ1) is 12.1. The van der Waals surface area contributed by atoms with Gasteiger partial charge in [0.2, 0.25) is 0 Å². The fourth-order valence-corrected chi connectivity index (χ4v) is 3.98. The van der Waals surface area contributed by atoms with Gasteiger partial charge in [-0.2, -0.15) is 0 Å². The van der Waals surface area contributed by atoms with E-state index in [0.29, 0.717) is 24.1 Å². The number of ketones is 2. The molecule has 1 heterocycles. The zero-order valence-electron chi connectivity index (χ0n) is 13.6. The third-order valence-corrected chi connectivity index (χ3v) is 5.52. The molecule has 0 fully saturated rings. The summed E-state index contributed by atoms with van der Waals surface area (Å²) in [4.78, 5) is 25.4. The maximum Gasteiger partial charge on any atom is 0.167 e. The van der Waals surface area contributed by atoms with E-state index in [-0.39, 0.29) is 18.0 Å². The largest absolute Gasteiger partial charge is 0.398 e. The summed E-state index contributed by atoms with van der Waals surface area (Å²) >= 11 is 1.66. The lowest BCUT2D eigenvalue weighted by Gasteiger charge is -2.09. The normalized spacial score (nSPS) is 13.0. The Morgan fingerprint density at radius 2 is 1.88 bits per heavy atom. The molecule has 1 aromatic heterocycles. The van der Waals surface area contributed by atoms with E-state index >= 15 is 0 Å². The van der Waals surface area contributed by atoms with Crippen LogP contribution in [-0.2, 0) is 24.1 Å². The molecular formula is C21H17NO2S. The van der Waals surface area contributed by atoms with Gasteiger partial charge in [0.05, 0.1) is 0 Å². The minimum absolute atomic E-state index is 0.0252. The van der Waals surface area contributed by atoms with Crippen molar-refractivity contribution in [2.24, 2.45) is 0 Å². The molecule has 0 aliphatic heterocycles. The van der Waals surface area contributed by atoms with Crippen molar-refractivity contribution >= 4 is 28.6 Å². The molecule has 0 spiro atoms. The van der Waals surface area contributed by atoms with Gasteiger partial charge in [-0.05, 0) is 51.9 Å². The van der Waals surface area contributed by atoms with E-state index in [4.69, 9.17) is 5.73 Å². The highest BCUT2D eigenvalue weighted by Crippen LogP contribution is 2.28. The highest BCUT2D eigenvalue weighted by atomic mass is 32.1. The van der Waals surface area contributed by atoms with Crippen LogP contribution in [0.25, 0.3) is 10.4 Å². The number of benzene rings is 2. The Balaban J connectivity index is 1.60. The van der Waals surface area contributed by atoms with Gasteiger partial charge in [-0.15, -0.1) is 11.3 Å². The van der Waals surface area contributed by atoms with Crippen LogP contribution >= 0.6 is 11.3 Å². The number of hydrogen-bond acceptors (Lipinski definition) is 4. The second-order valence-electron chi connectivity index (χ2n) is 6.37. The lowest BCUT2D eigenvalue weighted by atomic mass is 9.97. The quantitative estimate of drug-likeness (QED) is 0.571. The van der Waals surface area contributed by atoms with E-state index in [1.807, 2.05) is 47.8 Å². The van der Waals surface area contributed by atoms with Crippen LogP contribution in [0.2, 0.25) is 0 Å². The molecule has 0 saturated heterocycles. The number of nitrogen functional groups attached to an aromatic ring is 1. The molecule has 2 N–H and O–H groups in total. The first kappa shape index (κ1) is 15.8. The molecule has 25 heavy (non-hydrogen) atoms. The Bertz CT molecular complexity index is 974. The van der Waals surface area contributed by atoms with Crippen LogP contribution in [0.5, 0.6) is 0 Å². The summed E-state index contributed by atoms with van der Waals surface area (Å²) in [6.07, 6.45) is 1.18. The van der Waals surface area contributed by atoms with E-state index in [0.717, 1.165) is 27.1 Å². The topological polar surface area (TPSA) is 60.2 Å². The molecule has 1 aliphatic carbocycles. The molecule has 0 amide bonds. The van der Waals surface area contributed by atoms with Crippen molar-refractivity contribution in [2.75, 3.05) is 5.73 Å². The SMILES string of the molecule is Nc1ccc(-c2cccs2)cc1CC(=O)c1ccc2c(c1)CC(=O)C2. The average Bonchev–Trinajstić information content (AvgIpc) is 3.24. The fraction of sp³-hybridized carbons (Fsp3) is 0.143. The smallest absolute Gasteiger partial charge is 0.167 e. The number of carbonyl (C=O) groups is 2. The van der Waals surface area contributed by atoms with Gasteiger partial charge in [-0.3, -0.25) is 9.59 Å². The van der Waals surface area contributed by atoms with Crippen molar-refractivity contribution in [3.05, 3.63) is 76.2 Å². The van der Waals surface area contributed by atoms with Crippen molar-refractivity contribution in [3.8, 4) is 10.4 Å². The highest BCUT2D eigenvalue weighted by molar-refractivity contribution is 7.13. The molecule has 4 rings (SSSR count). The Hall–Kier alpha value is -2.72. The molecule has 3 nitrogen and oxygen atoms in total. The molecule has 4 heteroatoms. The van der Waals surface area contributed by atoms with Crippen LogP contribution in [-0.4, -0.2) is 11.6 Å². The van der Waals surface area contributed by atoms with Crippen LogP contribution in [0.3, 0.4) is 0 Å². The van der Waals surface area contributed by atoms with E-state index in [2.05, 4.69) is 6.07 Å². The van der Waals surface area contributed by atoms with Gasteiger partial charge in [0.25, 0.3) is 0 Å². The van der Waals surface area contributed by atoms with Crippen molar-refractivity contribution in [3.63, 3.8) is 0 Å². The Kier molecular flexibility index (Phi) is 3.98.